The molecule has 8 nitrogen and oxygen atoms in total. The second kappa shape index (κ2) is 7.99. The Hall–Kier alpha value is -2.90. The number of hydrogen-bond acceptors (Lipinski definition) is 7. The van der Waals surface area contributed by atoms with E-state index in [0.29, 0.717) is 24.3 Å². The minimum atomic E-state index is -0.701. The van der Waals surface area contributed by atoms with E-state index in [1.165, 1.54) is 12.4 Å². The molecular formula is C18H21N5O3. The van der Waals surface area contributed by atoms with E-state index >= 15 is 0 Å². The lowest BCUT2D eigenvalue weighted by atomic mass is 9.83. The standard InChI is InChI=1S/C18H21N5O3/c1-2-15(17(25)26)12-3-5-23(6-4-12)18-21-7-13(8-22-18)16-10-19-14(11-24)9-20-16/h7-12,15H,2-6H2,1H3,(H,25,26). The molecule has 0 aliphatic carbocycles. The van der Waals surface area contributed by atoms with Crippen LogP contribution in [0.4, 0.5) is 5.95 Å². The van der Waals surface area contributed by atoms with E-state index in [2.05, 4.69) is 24.8 Å². The Kier molecular flexibility index (Phi) is 5.50. The lowest BCUT2D eigenvalue weighted by molar-refractivity contribution is -0.144. The Morgan fingerprint density at radius 2 is 1.88 bits per heavy atom. The number of hydrogen-bond donors (Lipinski definition) is 1. The number of carboxylic acid groups (broad SMARTS) is 1. The lowest BCUT2D eigenvalue weighted by Crippen LogP contribution is -2.38. The van der Waals surface area contributed by atoms with E-state index in [1.807, 2.05) is 6.92 Å². The molecule has 1 aliphatic heterocycles. The number of aromatic nitrogens is 4. The van der Waals surface area contributed by atoms with E-state index in [9.17, 15) is 14.7 Å². The van der Waals surface area contributed by atoms with Crippen LogP contribution in [-0.4, -0.2) is 50.4 Å². The molecule has 1 atom stereocenters. The zero-order valence-electron chi connectivity index (χ0n) is 14.6. The highest BCUT2D eigenvalue weighted by atomic mass is 16.4. The molecule has 1 aliphatic rings. The van der Waals surface area contributed by atoms with Crippen molar-refractivity contribution in [3.63, 3.8) is 0 Å². The summed E-state index contributed by atoms with van der Waals surface area (Å²) >= 11 is 0. The number of nitrogens with zero attached hydrogens (tertiary/aromatic N) is 5. The lowest BCUT2D eigenvalue weighted by Gasteiger charge is -2.34. The van der Waals surface area contributed by atoms with Crippen molar-refractivity contribution in [1.82, 2.24) is 19.9 Å². The summed E-state index contributed by atoms with van der Waals surface area (Å²) in [6, 6.07) is 0. The summed E-state index contributed by atoms with van der Waals surface area (Å²) in [6.07, 6.45) is 9.26. The van der Waals surface area contributed by atoms with Crippen molar-refractivity contribution < 1.29 is 14.7 Å². The molecule has 0 amide bonds. The fourth-order valence-corrected chi connectivity index (χ4v) is 3.38. The van der Waals surface area contributed by atoms with Gasteiger partial charge in [0.15, 0.2) is 6.29 Å². The molecule has 3 heterocycles. The van der Waals surface area contributed by atoms with Crippen LogP contribution in [0.2, 0.25) is 0 Å². The van der Waals surface area contributed by atoms with Crippen molar-refractivity contribution in [2.75, 3.05) is 18.0 Å². The normalized spacial score (nSPS) is 16.3. The first kappa shape index (κ1) is 17.9. The molecule has 0 radical (unpaired) electrons. The van der Waals surface area contributed by atoms with Gasteiger partial charge in [-0.05, 0) is 25.2 Å². The largest absolute Gasteiger partial charge is 0.481 e. The molecule has 0 aromatic carbocycles. The monoisotopic (exact) mass is 355 g/mol. The number of aldehydes is 1. The fourth-order valence-electron chi connectivity index (χ4n) is 3.38. The third kappa shape index (κ3) is 3.84. The van der Waals surface area contributed by atoms with Crippen LogP contribution in [0, 0.1) is 11.8 Å². The summed E-state index contributed by atoms with van der Waals surface area (Å²) < 4.78 is 0. The highest BCUT2D eigenvalue weighted by Gasteiger charge is 2.30. The van der Waals surface area contributed by atoms with E-state index in [1.54, 1.807) is 12.4 Å². The summed E-state index contributed by atoms with van der Waals surface area (Å²) in [4.78, 5) is 41.0. The molecular weight excluding hydrogens is 334 g/mol. The van der Waals surface area contributed by atoms with Gasteiger partial charge in [0.2, 0.25) is 5.95 Å². The number of aliphatic carboxylic acids is 1. The van der Waals surface area contributed by atoms with Crippen molar-refractivity contribution in [1.29, 1.82) is 0 Å². The third-order valence-corrected chi connectivity index (χ3v) is 4.88. The van der Waals surface area contributed by atoms with Crippen LogP contribution in [0.3, 0.4) is 0 Å². The number of carboxylic acids is 1. The first-order chi connectivity index (χ1) is 12.6. The van der Waals surface area contributed by atoms with Crippen LogP contribution in [0.25, 0.3) is 11.3 Å². The topological polar surface area (TPSA) is 109 Å². The maximum atomic E-state index is 11.3. The van der Waals surface area contributed by atoms with Gasteiger partial charge >= 0.3 is 5.97 Å². The highest BCUT2D eigenvalue weighted by Crippen LogP contribution is 2.29. The van der Waals surface area contributed by atoms with Gasteiger partial charge in [-0.3, -0.25) is 14.6 Å². The smallest absolute Gasteiger partial charge is 0.306 e. The Bertz CT molecular complexity index is 755. The van der Waals surface area contributed by atoms with Gasteiger partial charge in [-0.15, -0.1) is 0 Å². The number of carbonyl (C=O) groups excluding carboxylic acids is 1. The van der Waals surface area contributed by atoms with Gasteiger partial charge in [0.1, 0.15) is 5.69 Å². The zero-order chi connectivity index (χ0) is 18.5. The van der Waals surface area contributed by atoms with Gasteiger partial charge in [0.05, 0.1) is 24.0 Å². The maximum absolute atomic E-state index is 11.3. The van der Waals surface area contributed by atoms with Crippen LogP contribution in [-0.2, 0) is 4.79 Å². The van der Waals surface area contributed by atoms with Crippen molar-refractivity contribution in [2.24, 2.45) is 11.8 Å². The van der Waals surface area contributed by atoms with E-state index in [0.717, 1.165) is 31.5 Å². The Morgan fingerprint density at radius 1 is 1.19 bits per heavy atom. The van der Waals surface area contributed by atoms with Crippen molar-refractivity contribution in [2.45, 2.75) is 26.2 Å². The molecule has 1 unspecified atom stereocenters. The first-order valence-corrected chi connectivity index (χ1v) is 8.69. The number of carbonyl (C=O) groups is 2. The predicted molar refractivity (Wildman–Crippen MR) is 94.8 cm³/mol. The molecule has 0 saturated carbocycles. The van der Waals surface area contributed by atoms with Gasteiger partial charge < -0.3 is 10.0 Å². The molecule has 1 fully saturated rings. The summed E-state index contributed by atoms with van der Waals surface area (Å²) in [5.74, 6) is -0.130. The fraction of sp³-hybridized carbons (Fsp3) is 0.444. The minimum Gasteiger partial charge on any atom is -0.481 e. The van der Waals surface area contributed by atoms with Crippen LogP contribution in [0.1, 0.15) is 36.7 Å². The van der Waals surface area contributed by atoms with Crippen LogP contribution in [0.5, 0.6) is 0 Å². The molecule has 136 valence electrons. The summed E-state index contributed by atoms with van der Waals surface area (Å²) in [5.41, 5.74) is 1.61. The van der Waals surface area contributed by atoms with Crippen LogP contribution in [0.15, 0.2) is 24.8 Å². The van der Waals surface area contributed by atoms with E-state index in [-0.39, 0.29) is 17.5 Å². The van der Waals surface area contributed by atoms with Crippen molar-refractivity contribution >= 4 is 18.2 Å². The van der Waals surface area contributed by atoms with Crippen LogP contribution >= 0.6 is 0 Å². The molecule has 0 spiro atoms. The van der Waals surface area contributed by atoms with Gasteiger partial charge in [-0.1, -0.05) is 6.92 Å². The number of piperidine rings is 1. The molecule has 1 saturated heterocycles. The Balaban J connectivity index is 1.64. The Labute approximate surface area is 151 Å². The average Bonchev–Trinajstić information content (AvgIpc) is 2.69. The summed E-state index contributed by atoms with van der Waals surface area (Å²) in [5, 5.41) is 9.31. The second-order valence-electron chi connectivity index (χ2n) is 6.39. The number of rotatable bonds is 6. The molecule has 26 heavy (non-hydrogen) atoms. The number of anilines is 1. The summed E-state index contributed by atoms with van der Waals surface area (Å²) in [7, 11) is 0. The molecule has 2 aromatic rings. The predicted octanol–water partition coefficient (Wildman–Crippen LogP) is 2.07. The molecule has 8 heteroatoms. The molecule has 0 bridgehead atoms. The van der Waals surface area contributed by atoms with Gasteiger partial charge in [-0.2, -0.15) is 0 Å². The van der Waals surface area contributed by atoms with Gasteiger partial charge in [-0.25, -0.2) is 15.0 Å². The Morgan fingerprint density at radius 3 is 2.38 bits per heavy atom. The van der Waals surface area contributed by atoms with E-state index < -0.39 is 5.97 Å². The second-order valence-corrected chi connectivity index (χ2v) is 6.39. The van der Waals surface area contributed by atoms with Crippen molar-refractivity contribution in [3.8, 4) is 11.3 Å². The summed E-state index contributed by atoms with van der Waals surface area (Å²) in [6.45, 7) is 3.43. The maximum Gasteiger partial charge on any atom is 0.306 e. The highest BCUT2D eigenvalue weighted by molar-refractivity contribution is 5.71. The third-order valence-electron chi connectivity index (χ3n) is 4.88. The minimum absolute atomic E-state index is 0.208. The van der Waals surface area contributed by atoms with Crippen LogP contribution < -0.4 is 4.90 Å². The molecule has 3 rings (SSSR count). The van der Waals surface area contributed by atoms with Gasteiger partial charge in [0, 0.05) is 31.0 Å². The van der Waals surface area contributed by atoms with Gasteiger partial charge in [0.25, 0.3) is 0 Å². The first-order valence-electron chi connectivity index (χ1n) is 8.69. The SMILES string of the molecule is CCC(C(=O)O)C1CCN(c2ncc(-c3cnc(C=O)cn3)cn2)CC1. The quantitative estimate of drug-likeness (QED) is 0.784. The van der Waals surface area contributed by atoms with E-state index in [4.69, 9.17) is 0 Å². The van der Waals surface area contributed by atoms with Crippen molar-refractivity contribution in [3.05, 3.63) is 30.5 Å². The molecule has 2 aromatic heterocycles. The molecule has 1 N–H and O–H groups in total. The zero-order valence-corrected chi connectivity index (χ0v) is 14.6. The average molecular weight is 355 g/mol.